The van der Waals surface area contributed by atoms with Crippen LogP contribution < -0.4 is 5.32 Å². The lowest BCUT2D eigenvalue weighted by molar-refractivity contribution is -0.137. The highest BCUT2D eigenvalue weighted by atomic mass is 16.5. The molecule has 82 valence electrons. The molecule has 1 aliphatic heterocycles. The van der Waals surface area contributed by atoms with Gasteiger partial charge >= 0.3 is 12.0 Å². The van der Waals surface area contributed by atoms with Crippen LogP contribution in [0.4, 0.5) is 4.79 Å². The van der Waals surface area contributed by atoms with E-state index in [1.165, 1.54) is 0 Å². The molecular formula is C9H12N2O4. The fraction of sp³-hybridized carbons (Fsp3) is 0.444. The molecule has 1 N–H and O–H groups in total. The second-order valence-corrected chi connectivity index (χ2v) is 2.79. The van der Waals surface area contributed by atoms with Crippen LogP contribution in [0.25, 0.3) is 0 Å². The number of amides is 3. The van der Waals surface area contributed by atoms with Crippen molar-refractivity contribution >= 4 is 17.9 Å². The van der Waals surface area contributed by atoms with Gasteiger partial charge in [-0.2, -0.15) is 0 Å². The molecule has 6 nitrogen and oxygen atoms in total. The van der Waals surface area contributed by atoms with Gasteiger partial charge in [0.05, 0.1) is 12.7 Å². The number of hydrogen-bond donors (Lipinski definition) is 1. The molecule has 0 aromatic carbocycles. The van der Waals surface area contributed by atoms with Crippen molar-refractivity contribution in [3.05, 3.63) is 11.8 Å². The van der Waals surface area contributed by atoms with E-state index in [4.69, 9.17) is 0 Å². The average molecular weight is 212 g/mol. The van der Waals surface area contributed by atoms with Crippen molar-refractivity contribution in [2.75, 3.05) is 13.2 Å². The first kappa shape index (κ1) is 11.2. The summed E-state index contributed by atoms with van der Waals surface area (Å²) in [6.45, 7) is 3.82. The standard InChI is InChI=1S/C9H12N2O4/c1-3-11-8(13)6(10-9(11)14)5-7(12)15-4-2/h5H,3-4H2,1-2H3,(H,10,14). The second kappa shape index (κ2) is 4.59. The van der Waals surface area contributed by atoms with Gasteiger partial charge in [-0.25, -0.2) is 9.59 Å². The Morgan fingerprint density at radius 1 is 1.47 bits per heavy atom. The lowest BCUT2D eigenvalue weighted by atomic mass is 10.4. The van der Waals surface area contributed by atoms with Crippen LogP contribution in [0.5, 0.6) is 0 Å². The summed E-state index contributed by atoms with van der Waals surface area (Å²) in [6.07, 6.45) is 0.986. The summed E-state index contributed by atoms with van der Waals surface area (Å²) in [5, 5.41) is 2.29. The van der Waals surface area contributed by atoms with E-state index in [1.807, 2.05) is 0 Å². The molecule has 1 fully saturated rings. The van der Waals surface area contributed by atoms with E-state index >= 15 is 0 Å². The zero-order valence-electron chi connectivity index (χ0n) is 8.57. The largest absolute Gasteiger partial charge is 0.463 e. The first-order chi connectivity index (χ1) is 7.10. The van der Waals surface area contributed by atoms with Crippen LogP contribution in [-0.2, 0) is 14.3 Å². The summed E-state index contributed by atoms with van der Waals surface area (Å²) in [5.74, 6) is -1.14. The molecule has 0 aromatic heterocycles. The number of carbonyl (C=O) groups is 3. The van der Waals surface area contributed by atoms with Gasteiger partial charge in [-0.3, -0.25) is 9.69 Å². The van der Waals surface area contributed by atoms with Crippen molar-refractivity contribution in [3.8, 4) is 0 Å². The van der Waals surface area contributed by atoms with Crippen LogP contribution in [0.2, 0.25) is 0 Å². The lowest BCUT2D eigenvalue weighted by Gasteiger charge is -2.05. The maximum Gasteiger partial charge on any atom is 0.333 e. The summed E-state index contributed by atoms with van der Waals surface area (Å²) in [4.78, 5) is 34.7. The van der Waals surface area contributed by atoms with E-state index in [-0.39, 0.29) is 18.8 Å². The Kier molecular flexibility index (Phi) is 3.43. The monoisotopic (exact) mass is 212 g/mol. The quantitative estimate of drug-likeness (QED) is 0.406. The van der Waals surface area contributed by atoms with Crippen molar-refractivity contribution in [2.24, 2.45) is 0 Å². The van der Waals surface area contributed by atoms with Gasteiger partial charge in [-0.1, -0.05) is 0 Å². The van der Waals surface area contributed by atoms with Gasteiger partial charge in [-0.05, 0) is 13.8 Å². The summed E-state index contributed by atoms with van der Waals surface area (Å²) < 4.78 is 4.62. The third-order valence-electron chi connectivity index (χ3n) is 1.83. The Labute approximate surface area is 86.9 Å². The number of nitrogens with one attached hydrogen (secondary N) is 1. The van der Waals surface area contributed by atoms with Gasteiger partial charge in [0.2, 0.25) is 0 Å². The molecule has 15 heavy (non-hydrogen) atoms. The van der Waals surface area contributed by atoms with Gasteiger partial charge in [0.1, 0.15) is 5.70 Å². The molecule has 0 aliphatic carbocycles. The molecule has 0 bridgehead atoms. The number of urea groups is 1. The molecule has 3 amide bonds. The molecule has 0 atom stereocenters. The smallest absolute Gasteiger partial charge is 0.333 e. The van der Waals surface area contributed by atoms with Crippen LogP contribution in [0.15, 0.2) is 11.8 Å². The van der Waals surface area contributed by atoms with E-state index in [2.05, 4.69) is 10.1 Å². The summed E-state index contributed by atoms with van der Waals surface area (Å²) >= 11 is 0. The van der Waals surface area contributed by atoms with Crippen LogP contribution >= 0.6 is 0 Å². The van der Waals surface area contributed by atoms with Crippen LogP contribution in [0.3, 0.4) is 0 Å². The number of esters is 1. The fourth-order valence-electron chi connectivity index (χ4n) is 1.16. The second-order valence-electron chi connectivity index (χ2n) is 2.79. The summed E-state index contributed by atoms with van der Waals surface area (Å²) in [5.41, 5.74) is -0.0414. The number of nitrogens with zero attached hydrogens (tertiary/aromatic N) is 1. The van der Waals surface area contributed by atoms with Crippen molar-refractivity contribution in [2.45, 2.75) is 13.8 Å². The molecule has 1 heterocycles. The van der Waals surface area contributed by atoms with Crippen LogP contribution in [0, 0.1) is 0 Å². The van der Waals surface area contributed by atoms with Gasteiger partial charge < -0.3 is 10.1 Å². The highest BCUT2D eigenvalue weighted by Gasteiger charge is 2.32. The lowest BCUT2D eigenvalue weighted by Crippen LogP contribution is -2.30. The van der Waals surface area contributed by atoms with Crippen molar-refractivity contribution < 1.29 is 19.1 Å². The van der Waals surface area contributed by atoms with Crippen LogP contribution in [0.1, 0.15) is 13.8 Å². The van der Waals surface area contributed by atoms with Gasteiger partial charge in [-0.15, -0.1) is 0 Å². The highest BCUT2D eigenvalue weighted by molar-refractivity contribution is 6.13. The third-order valence-corrected chi connectivity index (χ3v) is 1.83. The fourth-order valence-corrected chi connectivity index (χ4v) is 1.16. The molecule has 0 spiro atoms. The number of hydrogen-bond acceptors (Lipinski definition) is 4. The molecule has 0 unspecified atom stereocenters. The van der Waals surface area contributed by atoms with Crippen molar-refractivity contribution in [1.82, 2.24) is 10.2 Å². The Balaban J connectivity index is 2.78. The van der Waals surface area contributed by atoms with E-state index in [9.17, 15) is 14.4 Å². The molecule has 0 aromatic rings. The van der Waals surface area contributed by atoms with E-state index < -0.39 is 17.9 Å². The summed E-state index contributed by atoms with van der Waals surface area (Å²) in [6, 6.07) is -0.516. The van der Waals surface area contributed by atoms with Crippen molar-refractivity contribution in [1.29, 1.82) is 0 Å². The zero-order valence-corrected chi connectivity index (χ0v) is 8.57. The minimum atomic E-state index is -0.640. The number of rotatable bonds is 3. The zero-order chi connectivity index (χ0) is 11.4. The van der Waals surface area contributed by atoms with Crippen LogP contribution in [-0.4, -0.2) is 36.0 Å². The molecule has 0 saturated carbocycles. The molecule has 1 saturated heterocycles. The topological polar surface area (TPSA) is 75.7 Å². The third kappa shape index (κ3) is 2.34. The SMILES string of the molecule is CCOC(=O)C=C1NC(=O)N(CC)C1=O. The molecular weight excluding hydrogens is 200 g/mol. The molecule has 1 rings (SSSR count). The maximum absolute atomic E-state index is 11.5. The van der Waals surface area contributed by atoms with E-state index in [0.717, 1.165) is 11.0 Å². The molecule has 6 heteroatoms. The van der Waals surface area contributed by atoms with Gasteiger partial charge in [0.25, 0.3) is 5.91 Å². The normalized spacial score (nSPS) is 18.3. The number of likely N-dealkylation sites (N-methyl/N-ethyl adjacent to an activating group) is 1. The Bertz CT molecular complexity index is 335. The number of ether oxygens (including phenoxy) is 1. The minimum absolute atomic E-state index is 0.0414. The van der Waals surface area contributed by atoms with Crippen molar-refractivity contribution in [3.63, 3.8) is 0 Å². The Morgan fingerprint density at radius 3 is 2.60 bits per heavy atom. The van der Waals surface area contributed by atoms with E-state index in [1.54, 1.807) is 13.8 Å². The predicted molar refractivity (Wildman–Crippen MR) is 50.6 cm³/mol. The first-order valence-electron chi connectivity index (χ1n) is 4.61. The minimum Gasteiger partial charge on any atom is -0.463 e. The maximum atomic E-state index is 11.5. The van der Waals surface area contributed by atoms with Gasteiger partial charge in [0, 0.05) is 6.54 Å². The molecule has 0 radical (unpaired) electrons. The molecule has 1 aliphatic rings. The predicted octanol–water partition coefficient (Wildman–Crippen LogP) is 0.00510. The first-order valence-corrected chi connectivity index (χ1v) is 4.61. The van der Waals surface area contributed by atoms with Gasteiger partial charge in [0.15, 0.2) is 0 Å². The number of carbonyl (C=O) groups excluding carboxylic acids is 3. The Hall–Kier alpha value is -1.85. The Morgan fingerprint density at radius 2 is 2.13 bits per heavy atom. The van der Waals surface area contributed by atoms with E-state index in [0.29, 0.717) is 0 Å². The summed E-state index contributed by atoms with van der Waals surface area (Å²) in [7, 11) is 0. The average Bonchev–Trinajstić information content (AvgIpc) is 2.42. The highest BCUT2D eigenvalue weighted by Crippen LogP contribution is 2.08. The number of imide groups is 1.